The fourth-order valence-electron chi connectivity index (χ4n) is 1.04. The third-order valence-electron chi connectivity index (χ3n) is 1.73. The van der Waals surface area contributed by atoms with Crippen molar-refractivity contribution in [1.82, 2.24) is 5.48 Å². The number of hydrogen-bond acceptors (Lipinski definition) is 5. The topological polar surface area (TPSA) is 93.0 Å². The lowest BCUT2D eigenvalue weighted by Crippen LogP contribution is -2.20. The van der Waals surface area contributed by atoms with Gasteiger partial charge in [0.2, 0.25) is 0 Å². The molecule has 0 bridgehead atoms. The molecule has 13 heavy (non-hydrogen) atoms. The zero-order chi connectivity index (χ0) is 9.84. The quantitative estimate of drug-likeness (QED) is 0.431. The summed E-state index contributed by atoms with van der Waals surface area (Å²) in [6, 6.07) is 3.15. The Bertz CT molecular complexity index is 285. The molecule has 0 spiro atoms. The number of hydroxylamine groups is 1. The molecule has 5 N–H and O–H groups in total. The van der Waals surface area contributed by atoms with Crippen molar-refractivity contribution in [2.45, 2.75) is 6.04 Å². The van der Waals surface area contributed by atoms with Gasteiger partial charge in [0.1, 0.15) is 11.5 Å². The highest BCUT2D eigenvalue weighted by atomic mass is 16.5. The standard InChI is InChI=1S/C8H11NO4/c10-4-7(9-13)6-2-1-5(11)3-8(6)12/h1-3,7,9-13H,4H2/t7-/m1/s1. The van der Waals surface area contributed by atoms with Gasteiger partial charge in [-0.05, 0) is 12.1 Å². The molecular weight excluding hydrogens is 174 g/mol. The molecule has 5 nitrogen and oxygen atoms in total. The van der Waals surface area contributed by atoms with Gasteiger partial charge < -0.3 is 20.5 Å². The molecule has 72 valence electrons. The molecule has 1 atom stereocenters. The second kappa shape index (κ2) is 4.08. The molecule has 5 heteroatoms. The van der Waals surface area contributed by atoms with Crippen LogP contribution in [0.2, 0.25) is 0 Å². The van der Waals surface area contributed by atoms with Gasteiger partial charge in [-0.1, -0.05) is 0 Å². The van der Waals surface area contributed by atoms with Crippen LogP contribution in [0.15, 0.2) is 18.2 Å². The Kier molecular flexibility index (Phi) is 3.07. The number of phenolic OH excluding ortho intramolecular Hbond substituents is 2. The number of aliphatic hydroxyl groups excluding tert-OH is 1. The van der Waals surface area contributed by atoms with E-state index in [1.54, 1.807) is 0 Å². The van der Waals surface area contributed by atoms with Crippen molar-refractivity contribution in [2.75, 3.05) is 6.61 Å². The number of rotatable bonds is 3. The van der Waals surface area contributed by atoms with Gasteiger partial charge in [0.25, 0.3) is 0 Å². The minimum Gasteiger partial charge on any atom is -0.508 e. The lowest BCUT2D eigenvalue weighted by atomic mass is 10.1. The van der Waals surface area contributed by atoms with E-state index in [0.29, 0.717) is 5.56 Å². The second-order valence-electron chi connectivity index (χ2n) is 2.61. The zero-order valence-corrected chi connectivity index (χ0v) is 6.81. The number of benzene rings is 1. The minimum atomic E-state index is -0.749. The van der Waals surface area contributed by atoms with E-state index in [1.165, 1.54) is 12.1 Å². The zero-order valence-electron chi connectivity index (χ0n) is 6.81. The molecule has 0 aliphatic rings. The number of nitrogens with one attached hydrogen (secondary N) is 1. The molecule has 0 saturated heterocycles. The number of aliphatic hydroxyl groups is 1. The summed E-state index contributed by atoms with van der Waals surface area (Å²) >= 11 is 0. The van der Waals surface area contributed by atoms with Crippen LogP contribution in [-0.2, 0) is 0 Å². The summed E-state index contributed by atoms with van der Waals surface area (Å²) in [6.45, 7) is -0.352. The average Bonchev–Trinajstić information content (AvgIpc) is 2.10. The summed E-state index contributed by atoms with van der Waals surface area (Å²) < 4.78 is 0. The Morgan fingerprint density at radius 2 is 2.00 bits per heavy atom. The summed E-state index contributed by atoms with van der Waals surface area (Å²) in [5.74, 6) is -0.253. The Balaban J connectivity index is 2.99. The summed E-state index contributed by atoms with van der Waals surface area (Å²) in [5.41, 5.74) is 2.16. The second-order valence-corrected chi connectivity index (χ2v) is 2.61. The van der Waals surface area contributed by atoms with Crippen molar-refractivity contribution in [2.24, 2.45) is 0 Å². The van der Waals surface area contributed by atoms with Gasteiger partial charge in [0.15, 0.2) is 0 Å². The van der Waals surface area contributed by atoms with Crippen LogP contribution in [0, 0.1) is 0 Å². The number of phenols is 2. The molecule has 0 aliphatic heterocycles. The smallest absolute Gasteiger partial charge is 0.124 e. The molecule has 0 heterocycles. The summed E-state index contributed by atoms with van der Waals surface area (Å²) in [7, 11) is 0. The third kappa shape index (κ3) is 2.09. The molecule has 1 rings (SSSR count). The number of aromatic hydroxyl groups is 2. The fraction of sp³-hybridized carbons (Fsp3) is 0.250. The Labute approximate surface area is 74.8 Å². The van der Waals surface area contributed by atoms with Gasteiger partial charge in [0, 0.05) is 11.6 Å². The lowest BCUT2D eigenvalue weighted by molar-refractivity contribution is 0.0893. The summed E-state index contributed by atoms with van der Waals surface area (Å²) in [5, 5.41) is 35.6. The van der Waals surface area contributed by atoms with E-state index in [2.05, 4.69) is 0 Å². The largest absolute Gasteiger partial charge is 0.508 e. The first-order chi connectivity index (χ1) is 6.19. The summed E-state index contributed by atoms with van der Waals surface area (Å²) in [6.07, 6.45) is 0. The van der Waals surface area contributed by atoms with Crippen LogP contribution in [-0.4, -0.2) is 27.1 Å². The van der Waals surface area contributed by atoms with Crippen LogP contribution in [0.4, 0.5) is 0 Å². The third-order valence-corrected chi connectivity index (χ3v) is 1.73. The van der Waals surface area contributed by atoms with Gasteiger partial charge in [-0.3, -0.25) is 0 Å². The van der Waals surface area contributed by atoms with Crippen molar-refractivity contribution < 1.29 is 20.5 Å². The first-order valence-electron chi connectivity index (χ1n) is 3.71. The molecule has 0 aromatic heterocycles. The van der Waals surface area contributed by atoms with E-state index < -0.39 is 6.04 Å². The van der Waals surface area contributed by atoms with Crippen molar-refractivity contribution in [3.05, 3.63) is 23.8 Å². The molecule has 0 radical (unpaired) electrons. The first kappa shape index (κ1) is 9.79. The highest BCUT2D eigenvalue weighted by Gasteiger charge is 2.13. The molecule has 0 unspecified atom stereocenters. The Morgan fingerprint density at radius 1 is 1.31 bits per heavy atom. The molecule has 0 saturated carbocycles. The van der Waals surface area contributed by atoms with E-state index in [-0.39, 0.29) is 18.1 Å². The lowest BCUT2D eigenvalue weighted by Gasteiger charge is -2.13. The van der Waals surface area contributed by atoms with Crippen molar-refractivity contribution >= 4 is 0 Å². The van der Waals surface area contributed by atoms with E-state index in [0.717, 1.165) is 6.07 Å². The van der Waals surface area contributed by atoms with E-state index >= 15 is 0 Å². The predicted molar refractivity (Wildman–Crippen MR) is 44.5 cm³/mol. The Hall–Kier alpha value is -1.30. The maximum absolute atomic E-state index is 9.30. The molecule has 1 aromatic rings. The van der Waals surface area contributed by atoms with Crippen LogP contribution in [0.25, 0.3) is 0 Å². The van der Waals surface area contributed by atoms with Crippen LogP contribution >= 0.6 is 0 Å². The molecule has 0 fully saturated rings. The van der Waals surface area contributed by atoms with E-state index in [9.17, 15) is 5.11 Å². The molecule has 0 amide bonds. The molecule has 0 aliphatic carbocycles. The van der Waals surface area contributed by atoms with Crippen LogP contribution in [0.3, 0.4) is 0 Å². The van der Waals surface area contributed by atoms with Crippen LogP contribution in [0.1, 0.15) is 11.6 Å². The monoisotopic (exact) mass is 185 g/mol. The summed E-state index contributed by atoms with van der Waals surface area (Å²) in [4.78, 5) is 0. The first-order valence-corrected chi connectivity index (χ1v) is 3.71. The SMILES string of the molecule is OC[C@@H](NO)c1ccc(O)cc1O. The van der Waals surface area contributed by atoms with Crippen LogP contribution < -0.4 is 5.48 Å². The average molecular weight is 185 g/mol. The maximum Gasteiger partial charge on any atom is 0.124 e. The molecule has 1 aromatic carbocycles. The van der Waals surface area contributed by atoms with Gasteiger partial charge in [-0.2, -0.15) is 5.48 Å². The maximum atomic E-state index is 9.30. The van der Waals surface area contributed by atoms with E-state index in [1.807, 2.05) is 5.48 Å². The van der Waals surface area contributed by atoms with Gasteiger partial charge in [-0.25, -0.2) is 0 Å². The fourth-order valence-corrected chi connectivity index (χ4v) is 1.04. The highest BCUT2D eigenvalue weighted by molar-refractivity contribution is 5.40. The van der Waals surface area contributed by atoms with Gasteiger partial charge in [0.05, 0.1) is 12.6 Å². The molecular formula is C8H11NO4. The Morgan fingerprint density at radius 3 is 2.46 bits per heavy atom. The minimum absolute atomic E-state index is 0.0733. The predicted octanol–water partition coefficient (Wildman–Crippen LogP) is 0.110. The van der Waals surface area contributed by atoms with Gasteiger partial charge in [-0.15, -0.1) is 0 Å². The van der Waals surface area contributed by atoms with Crippen molar-refractivity contribution in [3.63, 3.8) is 0 Å². The number of hydrogen-bond donors (Lipinski definition) is 5. The highest BCUT2D eigenvalue weighted by Crippen LogP contribution is 2.27. The van der Waals surface area contributed by atoms with E-state index in [4.69, 9.17) is 15.4 Å². The van der Waals surface area contributed by atoms with Gasteiger partial charge >= 0.3 is 0 Å². The normalized spacial score (nSPS) is 12.8. The van der Waals surface area contributed by atoms with Crippen molar-refractivity contribution in [1.29, 1.82) is 0 Å². The van der Waals surface area contributed by atoms with Crippen molar-refractivity contribution in [3.8, 4) is 11.5 Å². The van der Waals surface area contributed by atoms with Crippen LogP contribution in [0.5, 0.6) is 11.5 Å².